The molecule has 2 aromatic heterocycles. The Morgan fingerprint density at radius 2 is 1.69 bits per heavy atom. The van der Waals surface area contributed by atoms with Gasteiger partial charge in [0, 0.05) is 20.8 Å². The van der Waals surface area contributed by atoms with Gasteiger partial charge in [0.05, 0.1) is 38.8 Å². The highest BCUT2D eigenvalue weighted by atomic mass is 35.5. The van der Waals surface area contributed by atoms with E-state index >= 15 is 0 Å². The molecule has 3 N–H and O–H groups in total. The van der Waals surface area contributed by atoms with Gasteiger partial charge in [0.15, 0.2) is 23.2 Å². The van der Waals surface area contributed by atoms with Gasteiger partial charge in [-0.2, -0.15) is 9.97 Å². The summed E-state index contributed by atoms with van der Waals surface area (Å²) in [4.78, 5) is 36.1. The average Bonchev–Trinajstić information content (AvgIpc) is 3.78. The molecule has 4 rings (SSSR count). The molecule has 0 bridgehead atoms. The number of aliphatic hydroxyl groups is 2. The zero-order valence-electron chi connectivity index (χ0n) is 26.0. The SMILES string of the molecule is COCCOC(=O)OCOP(=O)(COC[C@H]1O[C@@H](n2cnc3c(N[C@H]4CCOC4)nc(Cl)nc32)[C@H](O)[C@@H]1O)OCOC(=O)OCCOC. The first-order valence-corrected chi connectivity index (χ1v) is 16.5. The number of carbonyl (C=O) groups is 2. The molecule has 2 fully saturated rings. The van der Waals surface area contributed by atoms with Gasteiger partial charge in [-0.1, -0.05) is 0 Å². The van der Waals surface area contributed by atoms with E-state index in [1.165, 1.54) is 25.1 Å². The van der Waals surface area contributed by atoms with Crippen molar-refractivity contribution in [3.63, 3.8) is 0 Å². The second-order valence-electron chi connectivity index (χ2n) is 9.99. The summed E-state index contributed by atoms with van der Waals surface area (Å²) in [5.41, 5.74) is 0.572. The standard InChI is InChI=1S/C25H37ClN5O16P/c1-37-5-7-41-24(34)43-12-45-48(36,46-13-44-25(35)42-8-6-38-2)14-40-10-16-18(32)19(33)22(47-16)31-11-27-17-20(28-15-3-4-39-9-15)29-23(26)30-21(17)31/h11,15-16,18-19,22,32-33H,3-10,12-14H2,1-2H3,(H,28,29,30)/t15-,16+,18+,19+,22+/m0/s1. The van der Waals surface area contributed by atoms with Crippen LogP contribution in [0.25, 0.3) is 11.2 Å². The minimum atomic E-state index is -4.31. The molecule has 48 heavy (non-hydrogen) atoms. The average molecular weight is 730 g/mol. The number of methoxy groups -OCH3 is 2. The van der Waals surface area contributed by atoms with E-state index in [1.54, 1.807) is 0 Å². The van der Waals surface area contributed by atoms with E-state index < -0.39 is 71.0 Å². The minimum absolute atomic E-state index is 0.00696. The van der Waals surface area contributed by atoms with Crippen molar-refractivity contribution in [3.05, 3.63) is 11.6 Å². The lowest BCUT2D eigenvalue weighted by Crippen LogP contribution is -2.34. The monoisotopic (exact) mass is 729 g/mol. The first-order chi connectivity index (χ1) is 23.1. The quantitative estimate of drug-likeness (QED) is 0.0600. The summed E-state index contributed by atoms with van der Waals surface area (Å²) in [6, 6.07) is -0.00696. The maximum absolute atomic E-state index is 13.3. The maximum atomic E-state index is 13.3. The number of aromatic nitrogens is 4. The third kappa shape index (κ3) is 10.8. The van der Waals surface area contributed by atoms with E-state index in [0.717, 1.165) is 6.42 Å². The van der Waals surface area contributed by atoms with Crippen LogP contribution in [0.15, 0.2) is 6.33 Å². The molecule has 0 radical (unpaired) electrons. The summed E-state index contributed by atoms with van der Waals surface area (Å²) in [6.07, 6.45) is -6.25. The first kappa shape index (κ1) is 37.9. The van der Waals surface area contributed by atoms with Gasteiger partial charge < -0.3 is 58.2 Å². The van der Waals surface area contributed by atoms with Gasteiger partial charge in [0.25, 0.3) is 0 Å². The van der Waals surface area contributed by atoms with Gasteiger partial charge in [-0.05, 0) is 18.0 Å². The van der Waals surface area contributed by atoms with Crippen molar-refractivity contribution in [1.82, 2.24) is 19.5 Å². The van der Waals surface area contributed by atoms with E-state index in [-0.39, 0.29) is 43.4 Å². The molecule has 21 nitrogen and oxygen atoms in total. The molecule has 4 heterocycles. The van der Waals surface area contributed by atoms with Crippen LogP contribution in [0.2, 0.25) is 5.28 Å². The smallest absolute Gasteiger partial charge is 0.432 e. The first-order valence-electron chi connectivity index (χ1n) is 14.4. The van der Waals surface area contributed by atoms with Crippen molar-refractivity contribution in [2.75, 3.05) is 85.7 Å². The Balaban J connectivity index is 1.35. The van der Waals surface area contributed by atoms with Gasteiger partial charge in [-0.25, -0.2) is 14.6 Å². The van der Waals surface area contributed by atoms with Crippen molar-refractivity contribution in [2.45, 2.75) is 37.0 Å². The van der Waals surface area contributed by atoms with Crippen molar-refractivity contribution in [1.29, 1.82) is 0 Å². The molecule has 2 aliphatic rings. The summed E-state index contributed by atoms with van der Waals surface area (Å²) in [5.74, 6) is 0.363. The molecule has 2 aliphatic heterocycles. The lowest BCUT2D eigenvalue weighted by Gasteiger charge is -2.20. The summed E-state index contributed by atoms with van der Waals surface area (Å²) in [5, 5.41) is 24.7. The molecule has 2 saturated heterocycles. The summed E-state index contributed by atoms with van der Waals surface area (Å²) < 4.78 is 70.0. The molecule has 0 unspecified atom stereocenters. The number of rotatable bonds is 19. The van der Waals surface area contributed by atoms with Crippen LogP contribution >= 0.6 is 19.2 Å². The number of hydrogen-bond acceptors (Lipinski definition) is 20. The molecule has 5 atom stereocenters. The minimum Gasteiger partial charge on any atom is -0.432 e. The second kappa shape index (κ2) is 18.7. The molecule has 0 aromatic carbocycles. The van der Waals surface area contributed by atoms with Crippen LogP contribution in [0.1, 0.15) is 12.6 Å². The zero-order chi connectivity index (χ0) is 34.5. The topological polar surface area (TPSA) is 249 Å². The van der Waals surface area contributed by atoms with Crippen LogP contribution in [-0.4, -0.2) is 147 Å². The number of anilines is 1. The number of carbonyl (C=O) groups excluding carboxylic acids is 2. The number of aliphatic hydroxyl groups excluding tert-OH is 2. The molecule has 0 aliphatic carbocycles. The molecule has 0 amide bonds. The van der Waals surface area contributed by atoms with Crippen LogP contribution in [-0.2, 0) is 56.2 Å². The number of imidazole rings is 1. The Morgan fingerprint density at radius 1 is 1.02 bits per heavy atom. The Morgan fingerprint density at radius 3 is 2.29 bits per heavy atom. The second-order valence-corrected chi connectivity index (χ2v) is 12.3. The highest BCUT2D eigenvalue weighted by Gasteiger charge is 2.45. The Labute approximate surface area is 278 Å². The summed E-state index contributed by atoms with van der Waals surface area (Å²) in [6.45, 7) is -1.12. The third-order valence-corrected chi connectivity index (χ3v) is 8.34. The fraction of sp³-hybridized carbons (Fsp3) is 0.720. The van der Waals surface area contributed by atoms with Crippen LogP contribution in [0, 0.1) is 0 Å². The number of nitrogens with one attached hydrogen (secondary N) is 1. The molecule has 2 aromatic rings. The van der Waals surface area contributed by atoms with E-state index in [1.807, 2.05) is 0 Å². The fourth-order valence-electron chi connectivity index (χ4n) is 4.32. The van der Waals surface area contributed by atoms with Gasteiger partial charge in [-0.15, -0.1) is 0 Å². The van der Waals surface area contributed by atoms with E-state index in [4.69, 9.17) is 63.3 Å². The van der Waals surface area contributed by atoms with Crippen LogP contribution in [0.5, 0.6) is 0 Å². The third-order valence-electron chi connectivity index (χ3n) is 6.67. The lowest BCUT2D eigenvalue weighted by atomic mass is 10.1. The molecular formula is C25H37ClN5O16P. The molecule has 23 heteroatoms. The number of fused-ring (bicyclic) bond motifs is 1. The molecular weight excluding hydrogens is 693 g/mol. The summed E-state index contributed by atoms with van der Waals surface area (Å²) >= 11 is 6.18. The van der Waals surface area contributed by atoms with Gasteiger partial charge in [0.2, 0.25) is 18.9 Å². The highest BCUT2D eigenvalue weighted by molar-refractivity contribution is 7.53. The number of halogens is 1. The normalized spacial score (nSPS) is 22.6. The predicted molar refractivity (Wildman–Crippen MR) is 158 cm³/mol. The molecule has 270 valence electrons. The van der Waals surface area contributed by atoms with Crippen LogP contribution in [0.4, 0.5) is 15.4 Å². The molecule has 0 saturated carbocycles. The summed E-state index contributed by atoms with van der Waals surface area (Å²) in [7, 11) is -1.49. The van der Waals surface area contributed by atoms with Gasteiger partial charge in [-0.3, -0.25) is 18.2 Å². The fourth-order valence-corrected chi connectivity index (χ4v) is 5.46. The van der Waals surface area contributed by atoms with Crippen LogP contribution < -0.4 is 5.32 Å². The van der Waals surface area contributed by atoms with Gasteiger partial charge >= 0.3 is 19.9 Å². The van der Waals surface area contributed by atoms with Crippen molar-refractivity contribution >= 4 is 48.5 Å². The van der Waals surface area contributed by atoms with E-state index in [0.29, 0.717) is 24.5 Å². The van der Waals surface area contributed by atoms with Crippen molar-refractivity contribution < 1.29 is 76.0 Å². The Kier molecular flexibility index (Phi) is 14.8. The Hall–Kier alpha value is -2.95. The van der Waals surface area contributed by atoms with Crippen LogP contribution in [0.3, 0.4) is 0 Å². The Bertz CT molecular complexity index is 1350. The number of hydrogen-bond donors (Lipinski definition) is 3. The maximum Gasteiger partial charge on any atom is 0.510 e. The predicted octanol–water partition coefficient (Wildman–Crippen LogP) is 1.01. The largest absolute Gasteiger partial charge is 0.510 e. The van der Waals surface area contributed by atoms with Gasteiger partial charge in [0.1, 0.15) is 37.9 Å². The van der Waals surface area contributed by atoms with E-state index in [9.17, 15) is 24.4 Å². The lowest BCUT2D eigenvalue weighted by molar-refractivity contribution is -0.0650. The highest BCUT2D eigenvalue weighted by Crippen LogP contribution is 2.48. The zero-order valence-corrected chi connectivity index (χ0v) is 27.6. The number of ether oxygens (including phenoxy) is 9. The van der Waals surface area contributed by atoms with Crippen molar-refractivity contribution in [3.8, 4) is 0 Å². The van der Waals surface area contributed by atoms with E-state index in [2.05, 4.69) is 20.3 Å². The van der Waals surface area contributed by atoms with Crippen molar-refractivity contribution in [2.24, 2.45) is 0 Å². The number of nitrogens with zero attached hydrogens (tertiary/aromatic N) is 4. The molecule has 0 spiro atoms.